The van der Waals surface area contributed by atoms with E-state index in [2.05, 4.69) is 15.6 Å². The van der Waals surface area contributed by atoms with Gasteiger partial charge in [0.2, 0.25) is 0 Å². The molecule has 0 amide bonds. The van der Waals surface area contributed by atoms with Gasteiger partial charge in [0, 0.05) is 35.4 Å². The van der Waals surface area contributed by atoms with Crippen LogP contribution in [0.4, 0.5) is 0 Å². The molecule has 0 aliphatic carbocycles. The van der Waals surface area contributed by atoms with E-state index in [0.717, 1.165) is 17.7 Å². The van der Waals surface area contributed by atoms with E-state index in [9.17, 15) is 9.32 Å². The number of rotatable bonds is 9. The highest BCUT2D eigenvalue weighted by Gasteiger charge is 2.23. The molecule has 2 aromatic rings. The zero-order valence-electron chi connectivity index (χ0n) is 15.3. The van der Waals surface area contributed by atoms with Crippen LogP contribution < -0.4 is 10.6 Å². The van der Waals surface area contributed by atoms with Crippen LogP contribution in [0.1, 0.15) is 25.0 Å². The number of guanidine groups is 1. The van der Waals surface area contributed by atoms with Crippen molar-refractivity contribution in [2.45, 2.75) is 25.2 Å². The standard InChI is InChI=1S/C19H27N3O2S2/c1-3-20-18(22-15-19(2,23)17-9-11-25-13-17)21-10-12-26(24)14-16-7-5-4-6-8-16/h4-9,11,13,23H,3,10,12,14-15H2,1-2H3,(H2,20,21,22). The van der Waals surface area contributed by atoms with Gasteiger partial charge in [-0.2, -0.15) is 11.3 Å². The zero-order valence-corrected chi connectivity index (χ0v) is 16.9. The Morgan fingerprint density at radius 3 is 2.69 bits per heavy atom. The molecule has 1 aromatic heterocycles. The van der Waals surface area contributed by atoms with Gasteiger partial charge in [0.15, 0.2) is 5.96 Å². The normalized spacial score (nSPS) is 15.3. The van der Waals surface area contributed by atoms with Gasteiger partial charge in [0.05, 0.1) is 6.54 Å². The number of nitrogens with one attached hydrogen (secondary N) is 2. The van der Waals surface area contributed by atoms with Gasteiger partial charge in [0.1, 0.15) is 5.60 Å². The van der Waals surface area contributed by atoms with Crippen molar-refractivity contribution in [3.8, 4) is 0 Å². The van der Waals surface area contributed by atoms with Crippen molar-refractivity contribution in [1.82, 2.24) is 10.6 Å². The zero-order chi connectivity index (χ0) is 18.8. The average molecular weight is 394 g/mol. The summed E-state index contributed by atoms with van der Waals surface area (Å²) in [5.41, 5.74) is 0.947. The minimum atomic E-state index is -1.00. The molecule has 1 heterocycles. The van der Waals surface area contributed by atoms with Crippen LogP contribution in [0.15, 0.2) is 52.2 Å². The van der Waals surface area contributed by atoms with Gasteiger partial charge in [-0.15, -0.1) is 0 Å². The van der Waals surface area contributed by atoms with E-state index >= 15 is 0 Å². The lowest BCUT2D eigenvalue weighted by molar-refractivity contribution is 0.0677. The summed E-state index contributed by atoms with van der Waals surface area (Å²) >= 11 is 1.56. The molecule has 3 N–H and O–H groups in total. The molecule has 2 unspecified atom stereocenters. The van der Waals surface area contributed by atoms with Crippen LogP contribution in [0.2, 0.25) is 0 Å². The van der Waals surface area contributed by atoms with Crippen LogP contribution in [0, 0.1) is 0 Å². The maximum Gasteiger partial charge on any atom is 0.191 e. The molecule has 5 nitrogen and oxygen atoms in total. The Morgan fingerprint density at radius 2 is 2.04 bits per heavy atom. The van der Waals surface area contributed by atoms with Crippen LogP contribution in [-0.4, -0.2) is 40.7 Å². The molecular formula is C19H27N3O2S2. The number of nitrogens with zero attached hydrogens (tertiary/aromatic N) is 1. The summed E-state index contributed by atoms with van der Waals surface area (Å²) in [4.78, 5) is 4.47. The second-order valence-corrected chi connectivity index (χ2v) is 8.54. The minimum Gasteiger partial charge on any atom is -0.383 e. The number of benzene rings is 1. The Bertz CT molecular complexity index is 701. The van der Waals surface area contributed by atoms with Crippen molar-refractivity contribution < 1.29 is 9.32 Å². The molecule has 26 heavy (non-hydrogen) atoms. The number of hydrogen-bond acceptors (Lipinski definition) is 4. The van der Waals surface area contributed by atoms with E-state index in [1.54, 1.807) is 18.3 Å². The molecule has 2 atom stereocenters. The van der Waals surface area contributed by atoms with E-state index in [1.165, 1.54) is 0 Å². The van der Waals surface area contributed by atoms with Crippen molar-refractivity contribution in [3.05, 3.63) is 58.3 Å². The van der Waals surface area contributed by atoms with Gasteiger partial charge in [-0.25, -0.2) is 4.99 Å². The first-order valence-electron chi connectivity index (χ1n) is 8.67. The lowest BCUT2D eigenvalue weighted by atomic mass is 10.00. The quantitative estimate of drug-likeness (QED) is 0.452. The van der Waals surface area contributed by atoms with E-state index in [1.807, 2.05) is 54.1 Å². The Kier molecular flexibility index (Phi) is 8.28. The molecule has 0 aliphatic rings. The van der Waals surface area contributed by atoms with Gasteiger partial charge in [-0.05, 0) is 41.8 Å². The molecule has 7 heteroatoms. The van der Waals surface area contributed by atoms with Crippen LogP contribution in [-0.2, 0) is 22.2 Å². The van der Waals surface area contributed by atoms with E-state index in [-0.39, 0.29) is 6.54 Å². The highest BCUT2D eigenvalue weighted by atomic mass is 32.2. The third-order valence-corrected chi connectivity index (χ3v) is 5.82. The fourth-order valence-corrected chi connectivity index (χ4v) is 4.17. The highest BCUT2D eigenvalue weighted by molar-refractivity contribution is 7.84. The first-order valence-corrected chi connectivity index (χ1v) is 11.1. The monoisotopic (exact) mass is 393 g/mol. The van der Waals surface area contributed by atoms with Crippen LogP contribution in [0.3, 0.4) is 0 Å². The molecule has 0 fully saturated rings. The summed E-state index contributed by atoms with van der Waals surface area (Å²) in [6, 6.07) is 11.8. The summed E-state index contributed by atoms with van der Waals surface area (Å²) in [6.07, 6.45) is 0. The van der Waals surface area contributed by atoms with Crippen LogP contribution >= 0.6 is 11.3 Å². The molecule has 142 valence electrons. The molecule has 2 rings (SSSR count). The fraction of sp³-hybridized carbons (Fsp3) is 0.421. The summed E-state index contributed by atoms with van der Waals surface area (Å²) < 4.78 is 12.2. The Morgan fingerprint density at radius 1 is 1.27 bits per heavy atom. The van der Waals surface area contributed by atoms with Gasteiger partial charge in [-0.1, -0.05) is 30.3 Å². The summed E-state index contributed by atoms with van der Waals surface area (Å²) in [5.74, 6) is 1.73. The van der Waals surface area contributed by atoms with Crippen molar-refractivity contribution in [3.63, 3.8) is 0 Å². The predicted octanol–water partition coefficient (Wildman–Crippen LogP) is 2.46. The Labute approximate surface area is 162 Å². The maximum atomic E-state index is 12.2. The Balaban J connectivity index is 1.82. The smallest absolute Gasteiger partial charge is 0.191 e. The fourth-order valence-electron chi connectivity index (χ4n) is 2.35. The third-order valence-electron chi connectivity index (χ3n) is 3.83. The predicted molar refractivity (Wildman–Crippen MR) is 111 cm³/mol. The summed E-state index contributed by atoms with van der Waals surface area (Å²) in [5, 5.41) is 20.8. The van der Waals surface area contributed by atoms with E-state index in [0.29, 0.717) is 24.0 Å². The van der Waals surface area contributed by atoms with Gasteiger partial charge < -0.3 is 15.7 Å². The minimum absolute atomic E-state index is 0.256. The SMILES string of the molecule is CCNC(=NCC(C)(O)c1ccsc1)NCCS(=O)Cc1ccccc1. The first kappa shape index (κ1) is 20.6. The van der Waals surface area contributed by atoms with Crippen molar-refractivity contribution in [2.24, 2.45) is 4.99 Å². The van der Waals surface area contributed by atoms with Gasteiger partial charge in [0.25, 0.3) is 0 Å². The number of thiophene rings is 1. The molecule has 0 radical (unpaired) electrons. The van der Waals surface area contributed by atoms with Crippen LogP contribution in [0.25, 0.3) is 0 Å². The molecule has 0 spiro atoms. The van der Waals surface area contributed by atoms with Crippen molar-refractivity contribution >= 4 is 28.1 Å². The van der Waals surface area contributed by atoms with E-state index < -0.39 is 16.4 Å². The van der Waals surface area contributed by atoms with E-state index in [4.69, 9.17) is 0 Å². The molecule has 0 aliphatic heterocycles. The second-order valence-electron chi connectivity index (χ2n) is 6.18. The second kappa shape index (κ2) is 10.4. The van der Waals surface area contributed by atoms with Crippen molar-refractivity contribution in [1.29, 1.82) is 0 Å². The first-order chi connectivity index (χ1) is 12.5. The maximum absolute atomic E-state index is 12.2. The lowest BCUT2D eigenvalue weighted by Crippen LogP contribution is -2.40. The largest absolute Gasteiger partial charge is 0.383 e. The molecule has 0 bridgehead atoms. The number of aliphatic hydroxyl groups is 1. The number of aliphatic imine (C=N–C) groups is 1. The molecule has 0 saturated heterocycles. The molecule has 1 aromatic carbocycles. The lowest BCUT2D eigenvalue weighted by Gasteiger charge is -2.21. The summed E-state index contributed by atoms with van der Waals surface area (Å²) in [7, 11) is -0.930. The molecule has 0 saturated carbocycles. The number of hydrogen-bond donors (Lipinski definition) is 3. The van der Waals surface area contributed by atoms with Gasteiger partial charge in [-0.3, -0.25) is 4.21 Å². The Hall–Kier alpha value is -1.70. The average Bonchev–Trinajstić information content (AvgIpc) is 3.16. The van der Waals surface area contributed by atoms with Crippen LogP contribution in [0.5, 0.6) is 0 Å². The molecular weight excluding hydrogens is 366 g/mol. The third kappa shape index (κ3) is 6.90. The summed E-state index contributed by atoms with van der Waals surface area (Å²) in [6.45, 7) is 5.29. The topological polar surface area (TPSA) is 73.7 Å². The highest BCUT2D eigenvalue weighted by Crippen LogP contribution is 2.23. The van der Waals surface area contributed by atoms with Gasteiger partial charge >= 0.3 is 0 Å². The van der Waals surface area contributed by atoms with Crippen molar-refractivity contribution in [2.75, 3.05) is 25.4 Å².